The van der Waals surface area contributed by atoms with Gasteiger partial charge in [0.15, 0.2) is 0 Å². The van der Waals surface area contributed by atoms with Crippen LogP contribution in [0.15, 0.2) is 42.7 Å². The summed E-state index contributed by atoms with van der Waals surface area (Å²) in [6, 6.07) is 9.95. The van der Waals surface area contributed by atoms with E-state index in [-0.39, 0.29) is 5.78 Å². The first-order valence-corrected chi connectivity index (χ1v) is 6.07. The van der Waals surface area contributed by atoms with E-state index < -0.39 is 0 Å². The molecule has 84 valence electrons. The van der Waals surface area contributed by atoms with E-state index in [0.717, 1.165) is 15.0 Å². The van der Waals surface area contributed by atoms with Crippen LogP contribution in [0.1, 0.15) is 15.2 Å². The summed E-state index contributed by atoms with van der Waals surface area (Å²) in [7, 11) is 1.81. The van der Waals surface area contributed by atoms with Gasteiger partial charge in [-0.05, 0) is 17.5 Å². The summed E-state index contributed by atoms with van der Waals surface area (Å²) >= 11 is 1.52. The molecule has 2 heterocycles. The third-order valence-corrected chi connectivity index (χ3v) is 3.73. The molecular formula is C13H10N2OS. The van der Waals surface area contributed by atoms with Crippen molar-refractivity contribution in [2.24, 2.45) is 7.05 Å². The van der Waals surface area contributed by atoms with Crippen LogP contribution in [-0.2, 0) is 7.05 Å². The van der Waals surface area contributed by atoms with E-state index in [2.05, 4.69) is 5.10 Å². The standard InChI is InChI=1S/C13H10N2OS/c1-15-8-10(7-14-15)13(16)12-6-9-4-2-3-5-11(9)17-12/h2-8H,1H3. The Hall–Kier alpha value is -1.94. The number of hydrogen-bond donors (Lipinski definition) is 0. The Morgan fingerprint density at radius 1 is 1.35 bits per heavy atom. The van der Waals surface area contributed by atoms with Gasteiger partial charge in [0.2, 0.25) is 5.78 Å². The quantitative estimate of drug-likeness (QED) is 0.648. The Kier molecular flexibility index (Phi) is 2.30. The van der Waals surface area contributed by atoms with Crippen LogP contribution in [0.25, 0.3) is 10.1 Å². The summed E-state index contributed by atoms with van der Waals surface area (Å²) in [5.41, 5.74) is 0.638. The molecule has 0 unspecified atom stereocenters. The van der Waals surface area contributed by atoms with Gasteiger partial charge in [0.1, 0.15) is 0 Å². The maximum Gasteiger partial charge on any atom is 0.206 e. The second kappa shape index (κ2) is 3.82. The number of aryl methyl sites for hydroxylation is 1. The summed E-state index contributed by atoms with van der Waals surface area (Å²) in [6.07, 6.45) is 3.35. The number of fused-ring (bicyclic) bond motifs is 1. The molecule has 4 heteroatoms. The van der Waals surface area contributed by atoms with Crippen LogP contribution in [0, 0.1) is 0 Å². The summed E-state index contributed by atoms with van der Waals surface area (Å²) in [4.78, 5) is 12.9. The SMILES string of the molecule is Cn1cc(C(=O)c2cc3ccccc3s2)cn1. The Labute approximate surface area is 102 Å². The molecule has 0 atom stereocenters. The number of carbonyl (C=O) groups excluding carboxylic acids is 1. The predicted octanol–water partition coefficient (Wildman–Crippen LogP) is 2.87. The molecule has 0 N–H and O–H groups in total. The van der Waals surface area contributed by atoms with Crippen LogP contribution in [0.3, 0.4) is 0 Å². The highest BCUT2D eigenvalue weighted by Crippen LogP contribution is 2.26. The van der Waals surface area contributed by atoms with Crippen molar-refractivity contribution >= 4 is 27.2 Å². The van der Waals surface area contributed by atoms with Gasteiger partial charge in [-0.25, -0.2) is 0 Å². The summed E-state index contributed by atoms with van der Waals surface area (Å²) in [5, 5.41) is 5.13. The Balaban J connectivity index is 2.06. The van der Waals surface area contributed by atoms with E-state index in [0.29, 0.717) is 5.56 Å². The molecule has 0 aliphatic rings. The molecule has 0 aliphatic heterocycles. The number of carbonyl (C=O) groups is 1. The molecule has 3 aromatic rings. The third-order valence-electron chi connectivity index (χ3n) is 2.62. The van der Waals surface area contributed by atoms with E-state index in [1.807, 2.05) is 37.4 Å². The molecule has 1 aromatic carbocycles. The van der Waals surface area contributed by atoms with Gasteiger partial charge in [-0.1, -0.05) is 18.2 Å². The molecule has 0 saturated carbocycles. The van der Waals surface area contributed by atoms with Crippen molar-refractivity contribution in [2.75, 3.05) is 0 Å². The van der Waals surface area contributed by atoms with Gasteiger partial charge in [-0.2, -0.15) is 5.10 Å². The highest BCUT2D eigenvalue weighted by molar-refractivity contribution is 7.21. The van der Waals surface area contributed by atoms with Crippen LogP contribution in [0.4, 0.5) is 0 Å². The number of hydrogen-bond acceptors (Lipinski definition) is 3. The Morgan fingerprint density at radius 2 is 2.18 bits per heavy atom. The average molecular weight is 242 g/mol. The molecule has 0 bridgehead atoms. The fourth-order valence-corrected chi connectivity index (χ4v) is 2.80. The smallest absolute Gasteiger partial charge is 0.206 e. The topological polar surface area (TPSA) is 34.9 Å². The Morgan fingerprint density at radius 3 is 2.88 bits per heavy atom. The molecule has 0 saturated heterocycles. The molecule has 3 nitrogen and oxygen atoms in total. The highest BCUT2D eigenvalue weighted by Gasteiger charge is 2.13. The lowest BCUT2D eigenvalue weighted by Crippen LogP contribution is -1.96. The van der Waals surface area contributed by atoms with E-state index >= 15 is 0 Å². The average Bonchev–Trinajstić information content (AvgIpc) is 2.93. The normalized spacial score (nSPS) is 10.9. The summed E-state index contributed by atoms with van der Waals surface area (Å²) < 4.78 is 2.78. The molecule has 0 aliphatic carbocycles. The minimum absolute atomic E-state index is 0.0410. The van der Waals surface area contributed by atoms with Gasteiger partial charge in [-0.15, -0.1) is 11.3 Å². The molecule has 3 rings (SSSR count). The molecule has 0 radical (unpaired) electrons. The maximum atomic E-state index is 12.2. The largest absolute Gasteiger partial charge is 0.288 e. The van der Waals surface area contributed by atoms with Crippen molar-refractivity contribution in [3.05, 3.63) is 53.2 Å². The van der Waals surface area contributed by atoms with E-state index in [1.165, 1.54) is 11.3 Å². The van der Waals surface area contributed by atoms with Crippen LogP contribution in [-0.4, -0.2) is 15.6 Å². The van der Waals surface area contributed by atoms with Crippen molar-refractivity contribution < 1.29 is 4.79 Å². The second-order valence-corrected chi connectivity index (χ2v) is 4.96. The fourth-order valence-electron chi connectivity index (χ4n) is 1.77. The van der Waals surface area contributed by atoms with Crippen LogP contribution < -0.4 is 0 Å². The number of rotatable bonds is 2. The van der Waals surface area contributed by atoms with Crippen LogP contribution in [0.5, 0.6) is 0 Å². The van der Waals surface area contributed by atoms with Crippen molar-refractivity contribution in [1.82, 2.24) is 9.78 Å². The van der Waals surface area contributed by atoms with Crippen LogP contribution >= 0.6 is 11.3 Å². The maximum absolute atomic E-state index is 12.2. The zero-order valence-electron chi connectivity index (χ0n) is 9.25. The lowest BCUT2D eigenvalue weighted by Gasteiger charge is -1.90. The third kappa shape index (κ3) is 1.76. The lowest BCUT2D eigenvalue weighted by molar-refractivity contribution is 0.104. The van der Waals surface area contributed by atoms with Crippen molar-refractivity contribution in [3.8, 4) is 0 Å². The number of thiophene rings is 1. The number of benzene rings is 1. The van der Waals surface area contributed by atoms with Crippen molar-refractivity contribution in [2.45, 2.75) is 0 Å². The highest BCUT2D eigenvalue weighted by atomic mass is 32.1. The van der Waals surface area contributed by atoms with Gasteiger partial charge < -0.3 is 0 Å². The lowest BCUT2D eigenvalue weighted by atomic mass is 10.2. The zero-order chi connectivity index (χ0) is 11.8. The molecular weight excluding hydrogens is 232 g/mol. The number of nitrogens with zero attached hydrogens (tertiary/aromatic N) is 2. The minimum atomic E-state index is 0.0410. The van der Waals surface area contributed by atoms with Gasteiger partial charge in [-0.3, -0.25) is 9.48 Å². The summed E-state index contributed by atoms with van der Waals surface area (Å²) in [5.74, 6) is 0.0410. The van der Waals surface area contributed by atoms with Crippen molar-refractivity contribution in [3.63, 3.8) is 0 Å². The van der Waals surface area contributed by atoms with E-state index in [1.54, 1.807) is 17.1 Å². The molecule has 0 fully saturated rings. The fraction of sp³-hybridized carbons (Fsp3) is 0.0769. The zero-order valence-corrected chi connectivity index (χ0v) is 10.1. The van der Waals surface area contributed by atoms with Crippen molar-refractivity contribution in [1.29, 1.82) is 0 Å². The molecule has 17 heavy (non-hydrogen) atoms. The molecule has 0 amide bonds. The van der Waals surface area contributed by atoms with Gasteiger partial charge >= 0.3 is 0 Å². The van der Waals surface area contributed by atoms with Gasteiger partial charge in [0.25, 0.3) is 0 Å². The van der Waals surface area contributed by atoms with Gasteiger partial charge in [0, 0.05) is 17.9 Å². The molecule has 2 aromatic heterocycles. The van der Waals surface area contributed by atoms with E-state index in [9.17, 15) is 4.79 Å². The number of aromatic nitrogens is 2. The predicted molar refractivity (Wildman–Crippen MR) is 68.5 cm³/mol. The van der Waals surface area contributed by atoms with E-state index in [4.69, 9.17) is 0 Å². The molecule has 0 spiro atoms. The first-order chi connectivity index (χ1) is 8.24. The first kappa shape index (κ1) is 10.2. The minimum Gasteiger partial charge on any atom is -0.288 e. The Bertz CT molecular complexity index is 663. The first-order valence-electron chi connectivity index (χ1n) is 5.26. The second-order valence-electron chi connectivity index (χ2n) is 3.88. The van der Waals surface area contributed by atoms with Gasteiger partial charge in [0.05, 0.1) is 16.6 Å². The van der Waals surface area contributed by atoms with Crippen LogP contribution in [0.2, 0.25) is 0 Å². The monoisotopic (exact) mass is 242 g/mol. The number of ketones is 1. The summed E-state index contributed by atoms with van der Waals surface area (Å²) in [6.45, 7) is 0.